The number of ether oxygens (including phenoxy) is 2. The van der Waals surface area contributed by atoms with Crippen molar-refractivity contribution >= 4 is 0 Å². The zero-order valence-electron chi connectivity index (χ0n) is 11.4. The summed E-state index contributed by atoms with van der Waals surface area (Å²) in [6.45, 7) is 3.23. The summed E-state index contributed by atoms with van der Waals surface area (Å²) in [5.74, 6) is 1.58. The van der Waals surface area contributed by atoms with Gasteiger partial charge in [0.2, 0.25) is 0 Å². The molecule has 18 heavy (non-hydrogen) atoms. The minimum absolute atomic E-state index is 0.359. The lowest BCUT2D eigenvalue weighted by Gasteiger charge is -2.21. The van der Waals surface area contributed by atoms with E-state index in [0.29, 0.717) is 6.04 Å². The van der Waals surface area contributed by atoms with Crippen molar-refractivity contribution in [3.05, 3.63) is 23.8 Å². The zero-order valence-corrected chi connectivity index (χ0v) is 11.4. The van der Waals surface area contributed by atoms with E-state index in [4.69, 9.17) is 9.47 Å². The maximum absolute atomic E-state index is 5.36. The van der Waals surface area contributed by atoms with E-state index in [0.717, 1.165) is 31.1 Å². The van der Waals surface area contributed by atoms with E-state index in [-0.39, 0.29) is 0 Å². The number of likely N-dealkylation sites (N-methyl/N-ethyl adjacent to an activating group) is 1. The van der Waals surface area contributed by atoms with Crippen LogP contribution in [-0.4, -0.2) is 45.8 Å². The Labute approximate surface area is 109 Å². The molecule has 0 radical (unpaired) electrons. The SMILES string of the molecule is COc1ccc(C2CN(C)CCCN2)cc1OC. The van der Waals surface area contributed by atoms with Crippen LogP contribution in [0.1, 0.15) is 18.0 Å². The van der Waals surface area contributed by atoms with Crippen molar-refractivity contribution in [3.8, 4) is 11.5 Å². The quantitative estimate of drug-likeness (QED) is 0.885. The molecule has 100 valence electrons. The van der Waals surface area contributed by atoms with Gasteiger partial charge in [0.05, 0.1) is 14.2 Å². The molecule has 0 saturated carbocycles. The fraction of sp³-hybridized carbons (Fsp3) is 0.571. The summed E-state index contributed by atoms with van der Waals surface area (Å²) in [5.41, 5.74) is 1.25. The monoisotopic (exact) mass is 250 g/mol. The van der Waals surface area contributed by atoms with E-state index in [1.165, 1.54) is 12.0 Å². The van der Waals surface area contributed by atoms with E-state index in [1.807, 2.05) is 6.07 Å². The average Bonchev–Trinajstić information content (AvgIpc) is 2.62. The Bertz CT molecular complexity index is 395. The zero-order chi connectivity index (χ0) is 13.0. The number of nitrogens with one attached hydrogen (secondary N) is 1. The Morgan fingerprint density at radius 1 is 1.22 bits per heavy atom. The standard InChI is InChI=1S/C14H22N2O2/c1-16-8-4-7-15-12(10-16)11-5-6-13(17-2)14(9-11)18-3/h5-6,9,12,15H,4,7-8,10H2,1-3H3. The summed E-state index contributed by atoms with van der Waals surface area (Å²) in [6.07, 6.45) is 1.19. The van der Waals surface area contributed by atoms with Gasteiger partial charge in [-0.1, -0.05) is 6.07 Å². The summed E-state index contributed by atoms with van der Waals surface area (Å²) in [6, 6.07) is 6.51. The largest absolute Gasteiger partial charge is 0.493 e. The van der Waals surface area contributed by atoms with Gasteiger partial charge in [-0.25, -0.2) is 0 Å². The molecule has 1 N–H and O–H groups in total. The predicted octanol–water partition coefficient (Wildman–Crippen LogP) is 1.67. The van der Waals surface area contributed by atoms with Crippen LogP contribution in [-0.2, 0) is 0 Å². The van der Waals surface area contributed by atoms with Crippen molar-refractivity contribution < 1.29 is 9.47 Å². The Hall–Kier alpha value is -1.26. The van der Waals surface area contributed by atoms with Gasteiger partial charge in [0.15, 0.2) is 11.5 Å². The molecule has 1 aliphatic rings. The summed E-state index contributed by atoms with van der Waals surface area (Å²) in [5, 5.41) is 3.58. The molecule has 1 fully saturated rings. The number of methoxy groups -OCH3 is 2. The highest BCUT2D eigenvalue weighted by Crippen LogP contribution is 2.30. The average molecular weight is 250 g/mol. The molecule has 0 bridgehead atoms. The summed E-state index contributed by atoms with van der Waals surface area (Å²) in [7, 11) is 5.50. The smallest absolute Gasteiger partial charge is 0.161 e. The maximum atomic E-state index is 5.36. The molecule has 1 heterocycles. The molecule has 1 aromatic carbocycles. The van der Waals surface area contributed by atoms with Crippen molar-refractivity contribution in [3.63, 3.8) is 0 Å². The van der Waals surface area contributed by atoms with E-state index in [9.17, 15) is 0 Å². The van der Waals surface area contributed by atoms with Crippen LogP contribution in [0.3, 0.4) is 0 Å². The van der Waals surface area contributed by atoms with E-state index in [1.54, 1.807) is 14.2 Å². The second kappa shape index (κ2) is 6.07. The van der Waals surface area contributed by atoms with Crippen LogP contribution in [0, 0.1) is 0 Å². The molecule has 4 heteroatoms. The fourth-order valence-electron chi connectivity index (χ4n) is 2.39. The number of benzene rings is 1. The van der Waals surface area contributed by atoms with Gasteiger partial charge in [0.25, 0.3) is 0 Å². The predicted molar refractivity (Wildman–Crippen MR) is 72.4 cm³/mol. The molecule has 1 aromatic rings. The van der Waals surface area contributed by atoms with Crippen LogP contribution in [0.2, 0.25) is 0 Å². The number of rotatable bonds is 3. The third kappa shape index (κ3) is 2.94. The van der Waals surface area contributed by atoms with E-state index >= 15 is 0 Å². The minimum atomic E-state index is 0.359. The van der Waals surface area contributed by atoms with Crippen LogP contribution in [0.25, 0.3) is 0 Å². The summed E-state index contributed by atoms with van der Waals surface area (Å²) < 4.78 is 10.6. The third-order valence-corrected chi connectivity index (χ3v) is 3.41. The second-order valence-electron chi connectivity index (χ2n) is 4.74. The molecular weight excluding hydrogens is 228 g/mol. The first-order chi connectivity index (χ1) is 8.74. The van der Waals surface area contributed by atoms with Crippen LogP contribution in [0.15, 0.2) is 18.2 Å². The van der Waals surface area contributed by atoms with Gasteiger partial charge in [-0.15, -0.1) is 0 Å². The van der Waals surface area contributed by atoms with Crippen molar-refractivity contribution in [2.24, 2.45) is 0 Å². The highest BCUT2D eigenvalue weighted by molar-refractivity contribution is 5.43. The molecule has 0 aromatic heterocycles. The first-order valence-electron chi connectivity index (χ1n) is 6.38. The Kier molecular flexibility index (Phi) is 4.44. The minimum Gasteiger partial charge on any atom is -0.493 e. The Morgan fingerprint density at radius 2 is 2.00 bits per heavy atom. The molecule has 2 rings (SSSR count). The van der Waals surface area contributed by atoms with Crippen molar-refractivity contribution in [2.75, 3.05) is 40.9 Å². The Balaban J connectivity index is 2.21. The van der Waals surface area contributed by atoms with Crippen molar-refractivity contribution in [2.45, 2.75) is 12.5 Å². The van der Waals surface area contributed by atoms with E-state index in [2.05, 4.69) is 29.4 Å². The van der Waals surface area contributed by atoms with Gasteiger partial charge in [-0.3, -0.25) is 0 Å². The molecule has 1 aliphatic heterocycles. The van der Waals surface area contributed by atoms with E-state index < -0.39 is 0 Å². The van der Waals surface area contributed by atoms with Gasteiger partial charge >= 0.3 is 0 Å². The molecule has 1 unspecified atom stereocenters. The number of nitrogens with zero attached hydrogens (tertiary/aromatic N) is 1. The van der Waals surface area contributed by atoms with Gasteiger partial charge in [-0.05, 0) is 44.3 Å². The van der Waals surface area contributed by atoms with Crippen LogP contribution in [0.4, 0.5) is 0 Å². The topological polar surface area (TPSA) is 33.7 Å². The Morgan fingerprint density at radius 3 is 2.72 bits per heavy atom. The summed E-state index contributed by atoms with van der Waals surface area (Å²) in [4.78, 5) is 2.36. The lowest BCUT2D eigenvalue weighted by atomic mass is 10.1. The van der Waals surface area contributed by atoms with Gasteiger partial charge in [0, 0.05) is 12.6 Å². The molecule has 1 atom stereocenters. The fourth-order valence-corrected chi connectivity index (χ4v) is 2.39. The number of hydrogen-bond acceptors (Lipinski definition) is 4. The molecule has 0 spiro atoms. The highest BCUT2D eigenvalue weighted by Gasteiger charge is 2.18. The van der Waals surface area contributed by atoms with Crippen molar-refractivity contribution in [1.82, 2.24) is 10.2 Å². The lowest BCUT2D eigenvalue weighted by molar-refractivity contribution is 0.324. The number of hydrogen-bond donors (Lipinski definition) is 1. The molecule has 1 saturated heterocycles. The van der Waals surface area contributed by atoms with Gasteiger partial charge in [0.1, 0.15) is 0 Å². The van der Waals surface area contributed by atoms with Gasteiger partial charge in [-0.2, -0.15) is 0 Å². The molecule has 4 nitrogen and oxygen atoms in total. The maximum Gasteiger partial charge on any atom is 0.161 e. The van der Waals surface area contributed by atoms with Crippen LogP contribution < -0.4 is 14.8 Å². The molecule has 0 aliphatic carbocycles. The van der Waals surface area contributed by atoms with Crippen LogP contribution in [0.5, 0.6) is 11.5 Å². The normalized spacial score (nSPS) is 21.4. The van der Waals surface area contributed by atoms with Gasteiger partial charge < -0.3 is 19.7 Å². The highest BCUT2D eigenvalue weighted by atomic mass is 16.5. The molecular formula is C14H22N2O2. The van der Waals surface area contributed by atoms with Crippen molar-refractivity contribution in [1.29, 1.82) is 0 Å². The first-order valence-corrected chi connectivity index (χ1v) is 6.38. The lowest BCUT2D eigenvalue weighted by Crippen LogP contribution is -2.28. The third-order valence-electron chi connectivity index (χ3n) is 3.41. The second-order valence-corrected chi connectivity index (χ2v) is 4.74. The summed E-state index contributed by atoms with van der Waals surface area (Å²) >= 11 is 0. The van der Waals surface area contributed by atoms with Crippen LogP contribution >= 0.6 is 0 Å². The molecule has 0 amide bonds. The first kappa shape index (κ1) is 13.2.